The average molecular weight is 512 g/mol. The van der Waals surface area contributed by atoms with E-state index >= 15 is 0 Å². The summed E-state index contributed by atoms with van der Waals surface area (Å²) >= 11 is 6.23. The van der Waals surface area contributed by atoms with Crippen LogP contribution in [0, 0.1) is 11.8 Å². The fraction of sp³-hybridized carbons (Fsp3) is 0.600. The molecule has 4 nitrogen and oxygen atoms in total. The zero-order chi connectivity index (χ0) is 25.1. The minimum Gasteiger partial charge on any atom is -0.339 e. The number of rotatable bonds is 6. The lowest BCUT2D eigenvalue weighted by Crippen LogP contribution is -2.52. The van der Waals surface area contributed by atoms with Crippen molar-refractivity contribution in [2.24, 2.45) is 11.8 Å². The van der Waals surface area contributed by atoms with E-state index in [1.54, 1.807) is 0 Å². The molecule has 0 bridgehead atoms. The Morgan fingerprint density at radius 3 is 2.61 bits per heavy atom. The Hall–Kier alpha value is -1.98. The molecular formula is C30H39ClFN3O. The Balaban J connectivity index is 1.39. The Morgan fingerprint density at radius 2 is 1.86 bits per heavy atom. The smallest absolute Gasteiger partial charge is 0.227 e. The van der Waals surface area contributed by atoms with Crippen LogP contribution in [-0.4, -0.2) is 47.6 Å². The van der Waals surface area contributed by atoms with Crippen LogP contribution < -0.4 is 5.32 Å². The molecule has 6 heteroatoms. The van der Waals surface area contributed by atoms with Crippen molar-refractivity contribution in [3.05, 3.63) is 64.4 Å². The van der Waals surface area contributed by atoms with Gasteiger partial charge < -0.3 is 10.2 Å². The summed E-state index contributed by atoms with van der Waals surface area (Å²) in [5.41, 5.74) is 3.56. The summed E-state index contributed by atoms with van der Waals surface area (Å²) in [5.74, 6) is 1.11. The lowest BCUT2D eigenvalue weighted by Gasteiger charge is -2.46. The molecular weight excluding hydrogens is 473 g/mol. The molecule has 1 aromatic carbocycles. The Kier molecular flexibility index (Phi) is 8.27. The lowest BCUT2D eigenvalue weighted by atomic mass is 9.74. The van der Waals surface area contributed by atoms with Crippen LogP contribution in [0.25, 0.3) is 0 Å². The average Bonchev–Trinajstić information content (AvgIpc) is 3.39. The molecule has 0 spiro atoms. The van der Waals surface area contributed by atoms with Gasteiger partial charge in [-0.1, -0.05) is 61.3 Å². The SMILES string of the molecule is CCCc1nc(Cl)ccc1[C@@H]1CNCC1C(=O)N1CC[C@H](c2ccccc2)CC1C1CCC(F)CC1. The number of nitrogens with one attached hydrogen (secondary N) is 1. The second-order valence-electron chi connectivity index (χ2n) is 11.0. The number of hydrogen-bond acceptors (Lipinski definition) is 3. The highest BCUT2D eigenvalue weighted by molar-refractivity contribution is 6.29. The van der Waals surface area contributed by atoms with Gasteiger partial charge in [-0.3, -0.25) is 4.79 Å². The number of pyridine rings is 1. The number of aromatic nitrogens is 1. The van der Waals surface area contributed by atoms with E-state index < -0.39 is 6.17 Å². The molecule has 0 radical (unpaired) electrons. The molecule has 194 valence electrons. The first-order chi connectivity index (χ1) is 17.5. The normalized spacial score (nSPS) is 30.9. The molecule has 1 amide bonds. The van der Waals surface area contributed by atoms with E-state index in [1.807, 2.05) is 6.07 Å². The Morgan fingerprint density at radius 1 is 1.08 bits per heavy atom. The number of likely N-dealkylation sites (tertiary alicyclic amines) is 1. The summed E-state index contributed by atoms with van der Waals surface area (Å²) in [7, 11) is 0. The number of amides is 1. The highest BCUT2D eigenvalue weighted by Crippen LogP contribution is 2.42. The molecule has 1 saturated carbocycles. The van der Waals surface area contributed by atoms with Gasteiger partial charge in [0, 0.05) is 37.3 Å². The van der Waals surface area contributed by atoms with Crippen molar-refractivity contribution in [1.29, 1.82) is 0 Å². The molecule has 1 N–H and O–H groups in total. The minimum absolute atomic E-state index is 0.100. The van der Waals surface area contributed by atoms with Gasteiger partial charge in [0.05, 0.1) is 5.92 Å². The molecule has 5 rings (SSSR count). The van der Waals surface area contributed by atoms with Crippen LogP contribution >= 0.6 is 11.6 Å². The summed E-state index contributed by atoms with van der Waals surface area (Å²) in [6, 6.07) is 14.9. The van der Waals surface area contributed by atoms with Gasteiger partial charge in [0.15, 0.2) is 0 Å². The molecule has 2 aliphatic heterocycles. The van der Waals surface area contributed by atoms with Crippen LogP contribution in [0.4, 0.5) is 4.39 Å². The molecule has 2 saturated heterocycles. The monoisotopic (exact) mass is 511 g/mol. The van der Waals surface area contributed by atoms with Crippen molar-refractivity contribution in [3.8, 4) is 0 Å². The minimum atomic E-state index is -0.684. The van der Waals surface area contributed by atoms with Crippen LogP contribution in [0.2, 0.25) is 5.15 Å². The van der Waals surface area contributed by atoms with E-state index in [0.717, 1.165) is 57.3 Å². The van der Waals surface area contributed by atoms with E-state index in [4.69, 9.17) is 11.6 Å². The molecule has 1 aliphatic carbocycles. The van der Waals surface area contributed by atoms with E-state index in [-0.39, 0.29) is 23.8 Å². The summed E-state index contributed by atoms with van der Waals surface area (Å²) in [4.78, 5) is 21.1. The largest absolute Gasteiger partial charge is 0.339 e. The third-order valence-corrected chi connectivity index (χ3v) is 9.05. The molecule has 2 unspecified atom stereocenters. The number of alkyl halides is 1. The van der Waals surface area contributed by atoms with Gasteiger partial charge in [-0.25, -0.2) is 9.37 Å². The molecule has 1 aromatic heterocycles. The zero-order valence-electron chi connectivity index (χ0n) is 21.3. The maximum Gasteiger partial charge on any atom is 0.227 e. The molecule has 36 heavy (non-hydrogen) atoms. The summed E-state index contributed by atoms with van der Waals surface area (Å²) in [6.45, 7) is 4.41. The van der Waals surface area contributed by atoms with Gasteiger partial charge in [0.2, 0.25) is 5.91 Å². The van der Waals surface area contributed by atoms with Crippen molar-refractivity contribution in [1.82, 2.24) is 15.2 Å². The second-order valence-corrected chi connectivity index (χ2v) is 11.4. The number of nitrogens with zero attached hydrogens (tertiary/aromatic N) is 2. The molecule has 3 fully saturated rings. The van der Waals surface area contributed by atoms with Crippen molar-refractivity contribution in [2.75, 3.05) is 19.6 Å². The summed E-state index contributed by atoms with van der Waals surface area (Å²) in [5, 5.41) is 4.02. The van der Waals surface area contributed by atoms with Crippen LogP contribution in [0.5, 0.6) is 0 Å². The van der Waals surface area contributed by atoms with Crippen LogP contribution in [0.15, 0.2) is 42.5 Å². The molecule has 4 atom stereocenters. The predicted molar refractivity (Wildman–Crippen MR) is 143 cm³/mol. The maximum absolute atomic E-state index is 14.2. The lowest BCUT2D eigenvalue weighted by molar-refractivity contribution is -0.141. The van der Waals surface area contributed by atoms with Gasteiger partial charge in [-0.2, -0.15) is 0 Å². The first-order valence-electron chi connectivity index (χ1n) is 13.9. The van der Waals surface area contributed by atoms with Crippen molar-refractivity contribution in [3.63, 3.8) is 0 Å². The number of hydrogen-bond donors (Lipinski definition) is 1. The number of piperidine rings is 1. The van der Waals surface area contributed by atoms with Crippen LogP contribution in [-0.2, 0) is 11.2 Å². The Bertz CT molecular complexity index is 1030. The molecule has 2 aromatic rings. The van der Waals surface area contributed by atoms with E-state index in [1.165, 1.54) is 11.1 Å². The first-order valence-corrected chi connectivity index (χ1v) is 14.3. The number of halogens is 2. The van der Waals surface area contributed by atoms with E-state index in [0.29, 0.717) is 36.4 Å². The Labute approximate surface area is 220 Å². The fourth-order valence-corrected chi connectivity index (χ4v) is 7.11. The fourth-order valence-electron chi connectivity index (χ4n) is 6.95. The summed E-state index contributed by atoms with van der Waals surface area (Å²) in [6.07, 6.45) is 6.15. The highest BCUT2D eigenvalue weighted by Gasteiger charge is 2.44. The van der Waals surface area contributed by atoms with Gasteiger partial charge in [0.1, 0.15) is 11.3 Å². The number of aryl methyl sites for hydroxylation is 1. The first kappa shape index (κ1) is 25.7. The van der Waals surface area contributed by atoms with E-state index in [9.17, 15) is 9.18 Å². The van der Waals surface area contributed by atoms with Crippen molar-refractivity contribution < 1.29 is 9.18 Å². The highest BCUT2D eigenvalue weighted by atomic mass is 35.5. The van der Waals surface area contributed by atoms with Crippen LogP contribution in [0.3, 0.4) is 0 Å². The van der Waals surface area contributed by atoms with Crippen molar-refractivity contribution in [2.45, 2.75) is 82.3 Å². The van der Waals surface area contributed by atoms with Gasteiger partial charge in [-0.15, -0.1) is 0 Å². The standard InChI is InChI=1S/C30H39ClFN3O/c1-2-6-27-24(13-14-29(31)34-27)25-18-33-19-26(25)30(36)35-16-15-22(20-7-4-3-5-8-20)17-28(35)21-9-11-23(32)12-10-21/h3-5,7-8,13-14,21-23,25-26,28,33H,2,6,9-12,15-19H2,1H3/t21?,22-,23?,25-,26?,28?/m0/s1. The maximum atomic E-state index is 14.2. The topological polar surface area (TPSA) is 45.2 Å². The van der Waals surface area contributed by atoms with Gasteiger partial charge >= 0.3 is 0 Å². The number of benzene rings is 1. The quantitative estimate of drug-likeness (QED) is 0.463. The molecule has 3 aliphatic rings. The van der Waals surface area contributed by atoms with Crippen LogP contribution in [0.1, 0.15) is 80.5 Å². The van der Waals surface area contributed by atoms with E-state index in [2.05, 4.69) is 58.5 Å². The summed E-state index contributed by atoms with van der Waals surface area (Å²) < 4.78 is 14.0. The molecule has 3 heterocycles. The third kappa shape index (κ3) is 5.47. The second kappa shape index (κ2) is 11.6. The number of carbonyl (C=O) groups is 1. The van der Waals surface area contributed by atoms with Crippen molar-refractivity contribution >= 4 is 17.5 Å². The van der Waals surface area contributed by atoms with Gasteiger partial charge in [0.25, 0.3) is 0 Å². The predicted octanol–water partition coefficient (Wildman–Crippen LogP) is 6.29. The zero-order valence-corrected chi connectivity index (χ0v) is 22.1. The number of carbonyl (C=O) groups excluding carboxylic acids is 1. The van der Waals surface area contributed by atoms with Gasteiger partial charge in [-0.05, 0) is 74.0 Å². The third-order valence-electron chi connectivity index (χ3n) is 8.84.